The molecule has 10 aromatic heterocycles. The van der Waals surface area contributed by atoms with Crippen molar-refractivity contribution in [1.29, 1.82) is 0 Å². The molecule has 1 unspecified atom stereocenters. The van der Waals surface area contributed by atoms with Gasteiger partial charge in [-0.25, -0.2) is 49.8 Å². The van der Waals surface area contributed by atoms with Gasteiger partial charge < -0.3 is 133 Å². The fraction of sp³-hybridized carbons (Fsp3) is 0.485. The first-order valence-electron chi connectivity index (χ1n) is 46.8. The van der Waals surface area contributed by atoms with E-state index in [4.69, 9.17) is 120 Å². The van der Waals surface area contributed by atoms with E-state index in [0.717, 1.165) is 275 Å². The van der Waals surface area contributed by atoms with Crippen molar-refractivity contribution in [3.8, 4) is 28.7 Å². The lowest BCUT2D eigenvalue weighted by Crippen LogP contribution is -2.21. The van der Waals surface area contributed by atoms with Gasteiger partial charge in [0, 0.05) is 169 Å². The third-order valence-corrected chi connectivity index (χ3v) is 23.4. The van der Waals surface area contributed by atoms with Crippen molar-refractivity contribution in [3.63, 3.8) is 0 Å². The molecule has 714 valence electrons. The quantitative estimate of drug-likeness (QED) is 0.0160. The number of nitrogens with two attached hydrogens (primary N) is 10. The summed E-state index contributed by atoms with van der Waals surface area (Å²) in [5, 5.41) is 24.3. The van der Waals surface area contributed by atoms with Crippen LogP contribution in [0.3, 0.4) is 0 Å². The maximum Gasteiger partial charge on any atom is 0.152 e. The van der Waals surface area contributed by atoms with Crippen LogP contribution in [0.15, 0.2) is 91.0 Å². The minimum Gasteiger partial charge on any atom is -0.493 e. The van der Waals surface area contributed by atoms with E-state index in [1.165, 1.54) is 0 Å². The second-order valence-corrected chi connectivity index (χ2v) is 33.7. The summed E-state index contributed by atoms with van der Waals surface area (Å²) in [6.07, 6.45) is 10.5. The Bertz CT molecular complexity index is 6220. The number of fused-ring (bicyclic) bond motifs is 15. The summed E-state index contributed by atoms with van der Waals surface area (Å²) < 4.78 is 61.2. The topological polar surface area (TPSA) is 537 Å². The number of aromatic nitrogens is 15. The van der Waals surface area contributed by atoms with Crippen molar-refractivity contribution < 1.29 is 52.8 Å². The molecule has 0 radical (unpaired) electrons. The van der Waals surface area contributed by atoms with Crippen molar-refractivity contribution >= 4 is 139 Å². The normalized spacial score (nSPS) is 13.5. The molecule has 12 heterocycles. The molecule has 2 saturated heterocycles. The molecule has 5 aromatic carbocycles. The summed E-state index contributed by atoms with van der Waals surface area (Å²) >= 11 is 0. The van der Waals surface area contributed by atoms with Crippen molar-refractivity contribution in [2.75, 3.05) is 148 Å². The number of methoxy groups -OCH3 is 1. The van der Waals surface area contributed by atoms with Gasteiger partial charge in [-0.1, -0.05) is 41.5 Å². The molecule has 0 bridgehead atoms. The monoisotopic (exact) mass is 1830 g/mol. The zero-order chi connectivity index (χ0) is 94.2. The summed E-state index contributed by atoms with van der Waals surface area (Å²) in [7, 11) is 1.70. The molecule has 0 saturated carbocycles. The van der Waals surface area contributed by atoms with Crippen LogP contribution in [0, 0.1) is 17.8 Å². The number of anilines is 5. The van der Waals surface area contributed by atoms with Crippen molar-refractivity contribution in [1.82, 2.24) is 72.7 Å². The Kier molecular flexibility index (Phi) is 35.3. The van der Waals surface area contributed by atoms with Crippen LogP contribution in [0.1, 0.15) is 129 Å². The van der Waals surface area contributed by atoms with Crippen LogP contribution in [-0.2, 0) is 84.0 Å². The standard InChI is InChI=1S/2C20H27N5O2.C20H29N5O.C19H27N5O2.C18H25N5O4/c2*1-2-17-24-18-19(25(17)12-13-5-8-26-9-6-13)15-4-3-14(27-10-7-21)11-16(15)23-20(18)22;1-4-6-17-24-18-19(25(17)12-13(2)3)15-8-7-14(26-10-5-9-21)11-16(15)23-20(18)22;1-3-9-24-16(7-11-25-2)23-17-18(24)14-6-5-13(26-10-4-8-20)12-15(14)22-19(17)21;1-2-26-10-15-22-16-17(23(15)8-11(25)9-24)13-4-3-12(27-6-5-19)7-14(13)21-18(16)20/h2*3-4,11,13H,2,5-10,12,21H2,1H3,(H2,22,23);7-8,11,13H,4-6,9-10,12,21H2,1-3H3,(H2,22,23);5-6,12H,3-4,7-11,20H2,1-2H3,(H2,21,22);3-4,7,11,24-25H,2,5-6,8-10,19H2,1H3,(H2,20,21). The molecule has 133 heavy (non-hydrogen) atoms. The van der Waals surface area contributed by atoms with E-state index >= 15 is 0 Å². The number of aliphatic hydroxyl groups is 2. The molecule has 0 amide bonds. The number of hydrogen-bond donors (Lipinski definition) is 12. The Morgan fingerprint density at radius 1 is 0.391 bits per heavy atom. The van der Waals surface area contributed by atoms with Gasteiger partial charge in [0.05, 0.1) is 94.2 Å². The third-order valence-electron chi connectivity index (χ3n) is 23.4. The van der Waals surface area contributed by atoms with E-state index in [2.05, 4.69) is 108 Å². The molecule has 2 aliphatic heterocycles. The van der Waals surface area contributed by atoms with Gasteiger partial charge in [-0.2, -0.15) is 0 Å². The van der Waals surface area contributed by atoms with Gasteiger partial charge in [0.15, 0.2) is 29.1 Å². The average Bonchev–Trinajstić information content (AvgIpc) is 1.63. The highest BCUT2D eigenvalue weighted by molar-refractivity contribution is 6.11. The lowest BCUT2D eigenvalue weighted by atomic mass is 10.00. The smallest absolute Gasteiger partial charge is 0.152 e. The Balaban J connectivity index is 0.000000141. The van der Waals surface area contributed by atoms with Crippen LogP contribution in [0.5, 0.6) is 28.7 Å². The summed E-state index contributed by atoms with van der Waals surface area (Å²) in [4.78, 5) is 46.5. The highest BCUT2D eigenvalue weighted by Gasteiger charge is 2.28. The first-order chi connectivity index (χ1) is 64.7. The van der Waals surface area contributed by atoms with Crippen molar-refractivity contribution in [3.05, 3.63) is 120 Å². The second-order valence-electron chi connectivity index (χ2n) is 33.7. The number of hydrogen-bond acceptors (Lipinski definition) is 31. The first kappa shape index (κ1) is 98.6. The molecule has 22 N–H and O–H groups in total. The van der Waals surface area contributed by atoms with Gasteiger partial charge in [0.25, 0.3) is 0 Å². The molecule has 2 fully saturated rings. The molecule has 1 atom stereocenters. The number of aliphatic hydroxyl groups excluding tert-OH is 2. The average molecular weight is 1830 g/mol. The molecule has 17 rings (SSSR count). The van der Waals surface area contributed by atoms with E-state index in [1.807, 2.05) is 78.2 Å². The maximum atomic E-state index is 10.0. The number of imidazole rings is 5. The largest absolute Gasteiger partial charge is 0.493 e. The second kappa shape index (κ2) is 47.6. The maximum absolute atomic E-state index is 10.0. The third kappa shape index (κ3) is 23.5. The summed E-state index contributed by atoms with van der Waals surface area (Å²) in [6, 6.07) is 29.3. The van der Waals surface area contributed by atoms with Gasteiger partial charge in [0.2, 0.25) is 0 Å². The van der Waals surface area contributed by atoms with Crippen molar-refractivity contribution in [2.24, 2.45) is 46.4 Å². The zero-order valence-electron chi connectivity index (χ0n) is 78.3. The van der Waals surface area contributed by atoms with E-state index in [9.17, 15) is 10.2 Å². The SMILES string of the molecule is CCCc1nc2c(N)nc3cc(OCCCN)ccc3c2n1CC(C)C.CCCn1c(CCOC)nc2c(N)nc3cc(OCCCN)ccc3c21.CCOCc1nc2c(N)nc3cc(OCCN)ccc3c2n1CC(O)CO.CCc1nc2c(N)nc3cc(OCCN)ccc3c2n1CC1CCOCC1.CCc1nc2c(N)nc3cc(OCCN)ccc3c2n1CC1CCOCC1. The minimum atomic E-state index is -0.931. The molecule has 15 aromatic rings. The molecule has 36 heteroatoms. The highest BCUT2D eigenvalue weighted by Crippen LogP contribution is 2.39. The molecule has 36 nitrogen and oxygen atoms in total. The number of aryl methyl sites for hydroxylation is 4. The van der Waals surface area contributed by atoms with Gasteiger partial charge >= 0.3 is 0 Å². The molecule has 0 aliphatic carbocycles. The van der Waals surface area contributed by atoms with E-state index in [-0.39, 0.29) is 25.6 Å². The highest BCUT2D eigenvalue weighted by atomic mass is 16.5. The fourth-order valence-corrected chi connectivity index (χ4v) is 17.1. The number of rotatable bonds is 38. The summed E-state index contributed by atoms with van der Waals surface area (Å²) in [5.74, 6) is 12.4. The Morgan fingerprint density at radius 2 is 0.722 bits per heavy atom. The Hall–Kier alpha value is -11.9. The lowest BCUT2D eigenvalue weighted by Gasteiger charge is -2.23. The van der Waals surface area contributed by atoms with E-state index in [0.29, 0.717) is 143 Å². The van der Waals surface area contributed by atoms with Crippen LogP contribution in [-0.4, -0.2) is 208 Å². The van der Waals surface area contributed by atoms with E-state index < -0.39 is 6.10 Å². The van der Waals surface area contributed by atoms with Crippen LogP contribution < -0.4 is 81.0 Å². The Morgan fingerprint density at radius 3 is 1.04 bits per heavy atom. The molecule has 0 spiro atoms. The predicted molar refractivity (Wildman–Crippen MR) is 528 cm³/mol. The number of nitrogens with zero attached hydrogens (tertiary/aromatic N) is 15. The molecule has 2 aliphatic rings. The number of ether oxygens (including phenoxy) is 9. The molecular formula is C97H135N25O11. The van der Waals surface area contributed by atoms with Gasteiger partial charge in [-0.05, 0) is 150 Å². The van der Waals surface area contributed by atoms with Crippen LogP contribution >= 0.6 is 0 Å². The zero-order valence-corrected chi connectivity index (χ0v) is 78.3. The first-order valence-corrected chi connectivity index (χ1v) is 46.8. The van der Waals surface area contributed by atoms with Crippen LogP contribution in [0.2, 0.25) is 0 Å². The van der Waals surface area contributed by atoms with Gasteiger partial charge in [-0.3, -0.25) is 0 Å². The Labute approximate surface area is 774 Å². The summed E-state index contributed by atoms with van der Waals surface area (Å²) in [6.45, 7) is 28.3. The number of nitrogen functional groups attached to an aromatic ring is 5. The van der Waals surface area contributed by atoms with Crippen LogP contribution in [0.25, 0.3) is 110 Å². The van der Waals surface area contributed by atoms with Gasteiger partial charge in [0.1, 0.15) is 112 Å². The van der Waals surface area contributed by atoms with Gasteiger partial charge in [-0.15, -0.1) is 0 Å². The molecular weight excluding hydrogens is 1690 g/mol. The van der Waals surface area contributed by atoms with Crippen molar-refractivity contribution in [2.45, 2.75) is 171 Å². The van der Waals surface area contributed by atoms with E-state index in [1.54, 1.807) is 13.2 Å². The summed E-state index contributed by atoms with van der Waals surface area (Å²) in [5.41, 5.74) is 71.4. The minimum absolute atomic E-state index is 0.166. The number of pyridine rings is 5. The lowest BCUT2D eigenvalue weighted by molar-refractivity contribution is 0.0613. The number of benzene rings is 5. The fourth-order valence-electron chi connectivity index (χ4n) is 17.1. The van der Waals surface area contributed by atoms with Crippen LogP contribution in [0.4, 0.5) is 29.1 Å². The predicted octanol–water partition coefficient (Wildman–Crippen LogP) is 11.4.